The second kappa shape index (κ2) is 6.85. The van der Waals surface area contributed by atoms with Gasteiger partial charge < -0.3 is 20.1 Å². The lowest BCUT2D eigenvalue weighted by Gasteiger charge is -2.36. The molecule has 2 rings (SSSR count). The number of ether oxygens (including phenoxy) is 1. The van der Waals surface area contributed by atoms with Crippen LogP contribution in [0.5, 0.6) is 0 Å². The van der Waals surface area contributed by atoms with Crippen LogP contribution in [-0.4, -0.2) is 54.0 Å². The van der Waals surface area contributed by atoms with Gasteiger partial charge in [0.1, 0.15) is 17.5 Å². The predicted octanol–water partition coefficient (Wildman–Crippen LogP) is 0.977. The van der Waals surface area contributed by atoms with Gasteiger partial charge in [0.25, 0.3) is 0 Å². The summed E-state index contributed by atoms with van der Waals surface area (Å²) in [6.07, 6.45) is 0.791. The quantitative estimate of drug-likeness (QED) is 0.838. The number of aromatic nitrogens is 2. The Hall–Kier alpha value is -1.40. The fraction of sp³-hybridized carbons (Fsp3) is 0.714. The minimum Gasteiger partial charge on any atom is -0.394 e. The molecule has 0 amide bonds. The molecule has 0 aliphatic carbocycles. The Labute approximate surface area is 120 Å². The molecule has 0 saturated carbocycles. The summed E-state index contributed by atoms with van der Waals surface area (Å²) < 4.78 is 5.44. The normalized spacial score (nSPS) is 19.2. The summed E-state index contributed by atoms with van der Waals surface area (Å²) >= 11 is 0. The fourth-order valence-corrected chi connectivity index (χ4v) is 2.41. The van der Waals surface area contributed by atoms with Gasteiger partial charge in [0.2, 0.25) is 0 Å². The first-order valence-corrected chi connectivity index (χ1v) is 7.27. The van der Waals surface area contributed by atoms with Crippen molar-refractivity contribution in [3.63, 3.8) is 0 Å². The van der Waals surface area contributed by atoms with Crippen molar-refractivity contribution < 1.29 is 9.84 Å². The van der Waals surface area contributed by atoms with Crippen molar-refractivity contribution in [1.82, 2.24) is 9.97 Å². The van der Waals surface area contributed by atoms with Crippen LogP contribution in [0.1, 0.15) is 25.2 Å². The van der Waals surface area contributed by atoms with Gasteiger partial charge in [-0.25, -0.2) is 9.97 Å². The lowest BCUT2D eigenvalue weighted by atomic mass is 10.2. The molecule has 1 aromatic rings. The van der Waals surface area contributed by atoms with Crippen LogP contribution in [0, 0.1) is 6.92 Å². The molecule has 0 bridgehead atoms. The first kappa shape index (κ1) is 15.0. The van der Waals surface area contributed by atoms with Crippen LogP contribution < -0.4 is 10.2 Å². The number of nitrogens with one attached hydrogen (secondary N) is 1. The van der Waals surface area contributed by atoms with Crippen LogP contribution in [0.25, 0.3) is 0 Å². The Bertz CT molecular complexity index is 453. The molecule has 6 nitrogen and oxygen atoms in total. The molecule has 2 N–H and O–H groups in total. The number of hydrogen-bond acceptors (Lipinski definition) is 6. The number of hydrogen-bond donors (Lipinski definition) is 2. The monoisotopic (exact) mass is 280 g/mol. The zero-order valence-corrected chi connectivity index (χ0v) is 12.5. The molecule has 0 aromatic carbocycles. The van der Waals surface area contributed by atoms with Crippen LogP contribution in [0.15, 0.2) is 0 Å². The second-order valence-electron chi connectivity index (χ2n) is 4.93. The van der Waals surface area contributed by atoms with Crippen molar-refractivity contribution >= 4 is 11.6 Å². The minimum absolute atomic E-state index is 0.0310. The molecule has 6 heteroatoms. The van der Waals surface area contributed by atoms with Crippen molar-refractivity contribution in [2.75, 3.05) is 43.1 Å². The molecule has 0 radical (unpaired) electrons. The van der Waals surface area contributed by atoms with E-state index >= 15 is 0 Å². The molecule has 1 saturated heterocycles. The maximum atomic E-state index is 9.53. The minimum atomic E-state index is -0.0310. The molecular weight excluding hydrogens is 256 g/mol. The summed E-state index contributed by atoms with van der Waals surface area (Å²) in [7, 11) is 0. The van der Waals surface area contributed by atoms with Crippen LogP contribution in [0.3, 0.4) is 0 Å². The maximum absolute atomic E-state index is 9.53. The van der Waals surface area contributed by atoms with Gasteiger partial charge in [-0.2, -0.15) is 0 Å². The lowest BCUT2D eigenvalue weighted by Crippen LogP contribution is -2.48. The van der Waals surface area contributed by atoms with Gasteiger partial charge >= 0.3 is 0 Å². The van der Waals surface area contributed by atoms with Gasteiger partial charge in [-0.15, -0.1) is 0 Å². The zero-order valence-electron chi connectivity index (χ0n) is 12.5. The Kier molecular flexibility index (Phi) is 5.14. The zero-order chi connectivity index (χ0) is 14.5. The molecule has 112 valence electrons. The van der Waals surface area contributed by atoms with Crippen molar-refractivity contribution in [2.24, 2.45) is 0 Å². The first-order chi connectivity index (χ1) is 9.71. The molecule has 2 heterocycles. The molecule has 1 fully saturated rings. The average molecular weight is 280 g/mol. The van der Waals surface area contributed by atoms with Gasteiger partial charge in [0.05, 0.1) is 25.9 Å². The van der Waals surface area contributed by atoms with Crippen LogP contribution >= 0.6 is 0 Å². The first-order valence-electron chi connectivity index (χ1n) is 7.27. The lowest BCUT2D eigenvalue weighted by molar-refractivity contribution is 0.0722. The van der Waals surface area contributed by atoms with E-state index in [9.17, 15) is 5.11 Å². The van der Waals surface area contributed by atoms with E-state index in [2.05, 4.69) is 27.1 Å². The van der Waals surface area contributed by atoms with Crippen molar-refractivity contribution in [3.8, 4) is 0 Å². The van der Waals surface area contributed by atoms with Crippen molar-refractivity contribution in [1.29, 1.82) is 0 Å². The smallest absolute Gasteiger partial charge is 0.137 e. The number of anilines is 2. The van der Waals surface area contributed by atoms with Crippen molar-refractivity contribution in [2.45, 2.75) is 33.2 Å². The highest BCUT2D eigenvalue weighted by atomic mass is 16.5. The van der Waals surface area contributed by atoms with Gasteiger partial charge in [0, 0.05) is 25.1 Å². The highest BCUT2D eigenvalue weighted by Gasteiger charge is 2.26. The van der Waals surface area contributed by atoms with Gasteiger partial charge in [-0.05, 0) is 13.8 Å². The van der Waals surface area contributed by atoms with Gasteiger partial charge in [-0.3, -0.25) is 0 Å². The Balaban J connectivity index is 2.40. The molecule has 1 atom stereocenters. The number of aliphatic hydroxyl groups excluding tert-OH is 1. The molecule has 1 aromatic heterocycles. The predicted molar refractivity (Wildman–Crippen MR) is 79.3 cm³/mol. The Morgan fingerprint density at radius 3 is 2.85 bits per heavy atom. The number of morpholine rings is 1. The third-order valence-corrected chi connectivity index (χ3v) is 3.54. The summed E-state index contributed by atoms with van der Waals surface area (Å²) in [4.78, 5) is 11.3. The van der Waals surface area contributed by atoms with Crippen LogP contribution in [0.2, 0.25) is 0 Å². The highest BCUT2D eigenvalue weighted by Crippen LogP contribution is 2.26. The maximum Gasteiger partial charge on any atom is 0.137 e. The van der Waals surface area contributed by atoms with Crippen LogP contribution in [-0.2, 0) is 11.2 Å². The summed E-state index contributed by atoms with van der Waals surface area (Å²) in [6.45, 7) is 8.98. The summed E-state index contributed by atoms with van der Waals surface area (Å²) in [5, 5.41) is 12.8. The molecule has 20 heavy (non-hydrogen) atoms. The van der Waals surface area contributed by atoms with Crippen LogP contribution in [0.4, 0.5) is 11.6 Å². The highest BCUT2D eigenvalue weighted by molar-refractivity contribution is 5.59. The van der Waals surface area contributed by atoms with E-state index in [1.165, 1.54) is 0 Å². The summed E-state index contributed by atoms with van der Waals surface area (Å²) in [5.41, 5.74) is 1.03. The third kappa shape index (κ3) is 3.02. The molecule has 1 aliphatic rings. The molecule has 0 spiro atoms. The van der Waals surface area contributed by atoms with Gasteiger partial charge in [-0.1, -0.05) is 6.92 Å². The Morgan fingerprint density at radius 2 is 2.20 bits per heavy atom. The number of aryl methyl sites for hydroxylation is 1. The van der Waals surface area contributed by atoms with E-state index < -0.39 is 0 Å². The molecular formula is C14H24N4O2. The van der Waals surface area contributed by atoms with Crippen molar-refractivity contribution in [3.05, 3.63) is 11.4 Å². The molecule has 1 aliphatic heterocycles. The Morgan fingerprint density at radius 1 is 1.40 bits per heavy atom. The van der Waals surface area contributed by atoms with E-state index in [4.69, 9.17) is 4.74 Å². The van der Waals surface area contributed by atoms with E-state index in [-0.39, 0.29) is 12.6 Å². The van der Waals surface area contributed by atoms with Gasteiger partial charge in [0.15, 0.2) is 0 Å². The third-order valence-electron chi connectivity index (χ3n) is 3.54. The van der Waals surface area contributed by atoms with E-state index in [0.717, 1.165) is 42.5 Å². The van der Waals surface area contributed by atoms with E-state index in [1.54, 1.807) is 0 Å². The van der Waals surface area contributed by atoms with E-state index in [1.807, 2.05) is 13.8 Å². The largest absolute Gasteiger partial charge is 0.394 e. The summed E-state index contributed by atoms with van der Waals surface area (Å²) in [6, 6.07) is -0.0310. The number of nitrogens with zero attached hydrogens (tertiary/aromatic N) is 3. The SMILES string of the molecule is CCNc1nc(CC)nc(N2CCOCC2CO)c1C. The topological polar surface area (TPSA) is 70.5 Å². The standard InChI is InChI=1S/C14H24N4O2/c1-4-12-16-13(15-5-2)10(3)14(17-12)18-6-7-20-9-11(18)8-19/h11,19H,4-9H2,1-3H3,(H,15,16,17). The second-order valence-corrected chi connectivity index (χ2v) is 4.93. The average Bonchev–Trinajstić information content (AvgIpc) is 2.49. The fourth-order valence-electron chi connectivity index (χ4n) is 2.41. The van der Waals surface area contributed by atoms with E-state index in [0.29, 0.717) is 13.2 Å². The number of aliphatic hydroxyl groups is 1. The summed E-state index contributed by atoms with van der Waals surface area (Å²) in [5.74, 6) is 2.62. The number of rotatable bonds is 5. The molecule has 1 unspecified atom stereocenters.